The Morgan fingerprint density at radius 2 is 2.09 bits per heavy atom. The van der Waals surface area contributed by atoms with Crippen LogP contribution in [0.3, 0.4) is 0 Å². The monoisotopic (exact) mass is 333 g/mol. The zero-order chi connectivity index (χ0) is 16.3. The third-order valence-corrected chi connectivity index (χ3v) is 4.85. The van der Waals surface area contributed by atoms with E-state index in [1.54, 1.807) is 6.08 Å². The highest BCUT2D eigenvalue weighted by Gasteiger charge is 2.23. The molecule has 0 aliphatic carbocycles. The van der Waals surface area contributed by atoms with E-state index in [0.29, 0.717) is 11.7 Å². The van der Waals surface area contributed by atoms with Crippen molar-refractivity contribution in [1.29, 1.82) is 0 Å². The molecule has 1 atom stereocenters. The average Bonchev–Trinajstić information content (AvgIpc) is 3.13. The number of nitrogens with one attached hydrogen (secondary N) is 1. The quantitative estimate of drug-likeness (QED) is 0.885. The van der Waals surface area contributed by atoms with Crippen molar-refractivity contribution in [2.24, 2.45) is 5.92 Å². The fourth-order valence-corrected chi connectivity index (χ4v) is 3.68. The van der Waals surface area contributed by atoms with Crippen LogP contribution in [0.25, 0.3) is 11.4 Å². The van der Waals surface area contributed by atoms with Gasteiger partial charge in [0.25, 0.3) is 0 Å². The molecule has 0 saturated heterocycles. The molecule has 1 aromatic carbocycles. The molecule has 8 heteroatoms. The molecule has 0 saturated carbocycles. The van der Waals surface area contributed by atoms with Gasteiger partial charge in [-0.3, -0.25) is 4.79 Å². The molecule has 2 aromatic rings. The van der Waals surface area contributed by atoms with Crippen molar-refractivity contribution in [3.05, 3.63) is 47.7 Å². The van der Waals surface area contributed by atoms with Gasteiger partial charge in [-0.25, -0.2) is 8.42 Å². The Morgan fingerprint density at radius 1 is 1.30 bits per heavy atom. The van der Waals surface area contributed by atoms with E-state index in [1.807, 2.05) is 30.3 Å². The van der Waals surface area contributed by atoms with Gasteiger partial charge in [-0.2, -0.15) is 4.98 Å². The van der Waals surface area contributed by atoms with Crippen molar-refractivity contribution in [1.82, 2.24) is 15.5 Å². The number of allylic oxidation sites excluding steroid dienone is 1. The minimum atomic E-state index is -3.14. The number of nitrogens with zero attached hydrogens (tertiary/aromatic N) is 2. The second kappa shape index (κ2) is 6.33. The van der Waals surface area contributed by atoms with Gasteiger partial charge in [0, 0.05) is 23.3 Å². The first kappa shape index (κ1) is 15.4. The highest BCUT2D eigenvalue weighted by molar-refractivity contribution is 7.94. The number of rotatable bonds is 5. The van der Waals surface area contributed by atoms with Crippen LogP contribution in [0.5, 0.6) is 0 Å². The van der Waals surface area contributed by atoms with Crippen LogP contribution >= 0.6 is 0 Å². The van der Waals surface area contributed by atoms with Gasteiger partial charge in [0.1, 0.15) is 0 Å². The number of hydrogen-bond acceptors (Lipinski definition) is 6. The zero-order valence-corrected chi connectivity index (χ0v) is 13.0. The van der Waals surface area contributed by atoms with Gasteiger partial charge in [-0.05, 0) is 0 Å². The van der Waals surface area contributed by atoms with Gasteiger partial charge in [0.2, 0.25) is 17.6 Å². The van der Waals surface area contributed by atoms with Crippen LogP contribution in [0, 0.1) is 5.92 Å². The summed E-state index contributed by atoms with van der Waals surface area (Å²) in [6, 6.07) is 9.36. The topological polar surface area (TPSA) is 102 Å². The average molecular weight is 333 g/mol. The molecule has 23 heavy (non-hydrogen) atoms. The number of carbonyl (C=O) groups excluding carboxylic acids is 1. The summed E-state index contributed by atoms with van der Waals surface area (Å²) in [6.07, 6.45) is 1.67. The third-order valence-electron chi connectivity index (χ3n) is 3.39. The fraction of sp³-hybridized carbons (Fsp3) is 0.267. The highest BCUT2D eigenvalue weighted by Crippen LogP contribution is 2.18. The van der Waals surface area contributed by atoms with Crippen molar-refractivity contribution in [2.45, 2.75) is 13.0 Å². The summed E-state index contributed by atoms with van der Waals surface area (Å²) >= 11 is 0. The van der Waals surface area contributed by atoms with Crippen molar-refractivity contribution in [2.75, 3.05) is 5.75 Å². The Balaban J connectivity index is 1.52. The summed E-state index contributed by atoms with van der Waals surface area (Å²) in [5.41, 5.74) is 0.829. The minimum absolute atomic E-state index is 0.0147. The second-order valence-corrected chi connectivity index (χ2v) is 7.21. The maximum absolute atomic E-state index is 11.8. The maximum Gasteiger partial charge on any atom is 0.246 e. The van der Waals surface area contributed by atoms with Gasteiger partial charge in [0.05, 0.1) is 12.3 Å². The molecule has 120 valence electrons. The molecule has 2 heterocycles. The number of benzene rings is 1. The molecule has 1 aliphatic heterocycles. The van der Waals surface area contributed by atoms with E-state index in [4.69, 9.17) is 4.52 Å². The first-order chi connectivity index (χ1) is 11.0. The standard InChI is InChI=1S/C15H15N3O4S/c19-13(8-11-6-7-23(20,21)10-11)16-9-14-17-15(18-22-14)12-4-2-1-3-5-12/h1-7,11H,8-10H2,(H,16,19)/t11-/m1/s1. The van der Waals surface area contributed by atoms with Gasteiger partial charge < -0.3 is 9.84 Å². The maximum atomic E-state index is 11.8. The molecule has 0 unspecified atom stereocenters. The predicted molar refractivity (Wildman–Crippen MR) is 82.6 cm³/mol. The fourth-order valence-electron chi connectivity index (χ4n) is 2.28. The van der Waals surface area contributed by atoms with Gasteiger partial charge in [-0.15, -0.1) is 0 Å². The van der Waals surface area contributed by atoms with Crippen LogP contribution in [0.1, 0.15) is 12.3 Å². The summed E-state index contributed by atoms with van der Waals surface area (Å²) < 4.78 is 27.7. The zero-order valence-electron chi connectivity index (χ0n) is 12.2. The molecule has 0 bridgehead atoms. The van der Waals surface area contributed by atoms with E-state index < -0.39 is 9.84 Å². The third kappa shape index (κ3) is 4.04. The number of aromatic nitrogens is 2. The van der Waals surface area contributed by atoms with Crippen molar-refractivity contribution >= 4 is 15.7 Å². The lowest BCUT2D eigenvalue weighted by molar-refractivity contribution is -0.121. The molecule has 1 aromatic heterocycles. The van der Waals surface area contributed by atoms with Gasteiger partial charge in [0.15, 0.2) is 9.84 Å². The molecule has 0 radical (unpaired) electrons. The molecular weight excluding hydrogens is 318 g/mol. The number of amides is 1. The lowest BCUT2D eigenvalue weighted by Gasteiger charge is -2.06. The summed E-state index contributed by atoms with van der Waals surface area (Å²) in [6.45, 7) is 0.113. The van der Waals surface area contributed by atoms with Crippen molar-refractivity contribution in [3.63, 3.8) is 0 Å². The SMILES string of the molecule is O=C(C[C@H]1C=CS(=O)(=O)C1)NCc1nc(-c2ccccc2)no1. The van der Waals surface area contributed by atoms with E-state index in [2.05, 4.69) is 15.5 Å². The smallest absolute Gasteiger partial charge is 0.246 e. The minimum Gasteiger partial charge on any atom is -0.347 e. The van der Waals surface area contributed by atoms with E-state index in [9.17, 15) is 13.2 Å². The Kier molecular flexibility index (Phi) is 4.24. The normalized spacial score (nSPS) is 18.9. The number of carbonyl (C=O) groups is 1. The Labute approximate surface area is 133 Å². The first-order valence-corrected chi connectivity index (χ1v) is 8.79. The Morgan fingerprint density at radius 3 is 2.78 bits per heavy atom. The molecule has 1 amide bonds. The summed E-state index contributed by atoms with van der Waals surface area (Å²) in [4.78, 5) is 16.0. The van der Waals surface area contributed by atoms with E-state index in [1.165, 1.54) is 0 Å². The van der Waals surface area contributed by atoms with Crippen molar-refractivity contribution in [3.8, 4) is 11.4 Å². The number of sulfone groups is 1. The molecule has 1 aliphatic rings. The van der Waals surface area contributed by atoms with E-state index in [0.717, 1.165) is 11.0 Å². The van der Waals surface area contributed by atoms with Crippen molar-refractivity contribution < 1.29 is 17.7 Å². The first-order valence-electron chi connectivity index (χ1n) is 7.07. The highest BCUT2D eigenvalue weighted by atomic mass is 32.2. The largest absolute Gasteiger partial charge is 0.347 e. The summed E-state index contributed by atoms with van der Waals surface area (Å²) in [5, 5.41) is 7.67. The lowest BCUT2D eigenvalue weighted by atomic mass is 10.1. The Hall–Kier alpha value is -2.48. The summed E-state index contributed by atoms with van der Waals surface area (Å²) in [7, 11) is -3.14. The van der Waals surface area contributed by atoms with Crippen LogP contribution in [0.2, 0.25) is 0 Å². The van der Waals surface area contributed by atoms with Crippen LogP contribution in [0.15, 0.2) is 46.3 Å². The molecule has 1 N–H and O–H groups in total. The van der Waals surface area contributed by atoms with Gasteiger partial charge in [-0.1, -0.05) is 41.6 Å². The van der Waals surface area contributed by atoms with Gasteiger partial charge >= 0.3 is 0 Å². The molecular formula is C15H15N3O4S. The van der Waals surface area contributed by atoms with Crippen LogP contribution in [-0.4, -0.2) is 30.2 Å². The number of hydrogen-bond donors (Lipinski definition) is 1. The molecule has 0 spiro atoms. The van der Waals surface area contributed by atoms with Crippen LogP contribution in [-0.2, 0) is 21.2 Å². The molecule has 3 rings (SSSR count). The van der Waals surface area contributed by atoms with Crippen LogP contribution in [0.4, 0.5) is 0 Å². The van der Waals surface area contributed by atoms with E-state index in [-0.39, 0.29) is 30.5 Å². The molecule has 7 nitrogen and oxygen atoms in total. The molecule has 0 fully saturated rings. The Bertz CT molecular complexity index is 827. The second-order valence-electron chi connectivity index (χ2n) is 5.28. The summed E-state index contributed by atoms with van der Waals surface area (Å²) in [5.74, 6) is 0.212. The predicted octanol–water partition coefficient (Wildman–Crippen LogP) is 1.30. The lowest BCUT2D eigenvalue weighted by Crippen LogP contribution is -2.25. The van der Waals surface area contributed by atoms with Crippen LogP contribution < -0.4 is 5.32 Å². The van der Waals surface area contributed by atoms with E-state index >= 15 is 0 Å².